The number of anilines is 2. The third-order valence-corrected chi connectivity index (χ3v) is 8.58. The van der Waals surface area contributed by atoms with E-state index in [1.807, 2.05) is 0 Å². The quantitative estimate of drug-likeness (QED) is 0.646. The molecule has 6 nitrogen and oxygen atoms in total. The molecular formula is C22H24ClF3N4O2S. The smallest absolute Gasteiger partial charge is 0.302 e. The van der Waals surface area contributed by atoms with E-state index in [0.29, 0.717) is 30.8 Å². The van der Waals surface area contributed by atoms with E-state index in [2.05, 4.69) is 15.3 Å². The molecule has 3 heterocycles. The molecule has 0 bridgehead atoms. The van der Waals surface area contributed by atoms with Crippen LogP contribution in [0.5, 0.6) is 0 Å². The van der Waals surface area contributed by atoms with Gasteiger partial charge in [-0.3, -0.25) is 4.21 Å². The molecule has 178 valence electrons. The predicted molar refractivity (Wildman–Crippen MR) is 120 cm³/mol. The van der Waals surface area contributed by atoms with Crippen molar-refractivity contribution < 1.29 is 22.5 Å². The van der Waals surface area contributed by atoms with E-state index in [4.69, 9.17) is 11.6 Å². The Hall–Kier alpha value is -1.91. The molecule has 0 amide bonds. The fourth-order valence-electron chi connectivity index (χ4n) is 4.78. The van der Waals surface area contributed by atoms with Gasteiger partial charge in [-0.25, -0.2) is 9.37 Å². The minimum absolute atomic E-state index is 0.0144. The van der Waals surface area contributed by atoms with E-state index in [1.54, 1.807) is 29.2 Å². The van der Waals surface area contributed by atoms with Crippen molar-refractivity contribution in [3.8, 4) is 0 Å². The molecule has 2 N–H and O–H groups in total. The second kappa shape index (κ2) is 8.39. The highest BCUT2D eigenvalue weighted by Gasteiger charge is 2.49. The van der Waals surface area contributed by atoms with Crippen LogP contribution in [-0.2, 0) is 16.7 Å². The highest BCUT2D eigenvalue weighted by molar-refractivity contribution is 7.85. The lowest BCUT2D eigenvalue weighted by Crippen LogP contribution is -2.49. The van der Waals surface area contributed by atoms with E-state index in [-0.39, 0.29) is 35.7 Å². The molecule has 0 spiro atoms. The topological polar surface area (TPSA) is 78.4 Å². The number of piperidine rings is 1. The number of rotatable bonds is 5. The van der Waals surface area contributed by atoms with Crippen LogP contribution < -0.4 is 10.2 Å². The van der Waals surface area contributed by atoms with E-state index in [1.165, 1.54) is 0 Å². The van der Waals surface area contributed by atoms with Gasteiger partial charge in [-0.05, 0) is 43.4 Å². The standard InChI is InChI=1S/C22H24ClF3N4O2S/c23-14-4-2-13(3-5-14)15-6-9-30(10-16(15)24)20-27-18-17(33(32)12-22(18,25)26)19(28-20)29-21(11-31)7-1-8-21/h2-5,15-16,31H,1,6-12H2,(H,27,28,29). The molecule has 33 heavy (non-hydrogen) atoms. The SMILES string of the molecule is O=S1CC(F)(F)c2nc(N3CCC(c4ccc(Cl)cc4)C(F)C3)nc(NC3(CO)CCC3)c21. The molecule has 3 aliphatic rings. The Morgan fingerprint density at radius 1 is 1.24 bits per heavy atom. The number of nitrogens with one attached hydrogen (secondary N) is 1. The first-order chi connectivity index (χ1) is 15.7. The third-order valence-electron chi connectivity index (χ3n) is 6.86. The summed E-state index contributed by atoms with van der Waals surface area (Å²) in [5.41, 5.74) is -0.414. The van der Waals surface area contributed by atoms with Crippen molar-refractivity contribution in [2.75, 3.05) is 35.7 Å². The zero-order valence-corrected chi connectivity index (χ0v) is 19.3. The molecule has 1 saturated carbocycles. The first-order valence-electron chi connectivity index (χ1n) is 10.9. The number of nitrogens with zero attached hydrogens (tertiary/aromatic N) is 3. The van der Waals surface area contributed by atoms with Crippen LogP contribution in [0.25, 0.3) is 0 Å². The van der Waals surface area contributed by atoms with Gasteiger partial charge in [0.15, 0.2) is 0 Å². The molecule has 3 unspecified atom stereocenters. The van der Waals surface area contributed by atoms with Gasteiger partial charge in [0.2, 0.25) is 5.95 Å². The second-order valence-corrected chi connectivity index (χ2v) is 10.9. The van der Waals surface area contributed by atoms with Crippen molar-refractivity contribution in [1.29, 1.82) is 0 Å². The maximum absolute atomic E-state index is 15.2. The van der Waals surface area contributed by atoms with Crippen molar-refractivity contribution in [1.82, 2.24) is 9.97 Å². The zero-order valence-electron chi connectivity index (χ0n) is 17.7. The minimum atomic E-state index is -3.36. The predicted octanol–water partition coefficient (Wildman–Crippen LogP) is 4.00. The van der Waals surface area contributed by atoms with Crippen molar-refractivity contribution in [2.45, 2.75) is 54.1 Å². The number of alkyl halides is 3. The van der Waals surface area contributed by atoms with Crippen molar-refractivity contribution >= 4 is 34.2 Å². The van der Waals surface area contributed by atoms with Gasteiger partial charge in [-0.1, -0.05) is 23.7 Å². The Bertz CT molecular complexity index is 1080. The van der Waals surface area contributed by atoms with Crippen LogP contribution >= 0.6 is 11.6 Å². The number of fused-ring (bicyclic) bond motifs is 1. The van der Waals surface area contributed by atoms with Crippen LogP contribution in [0.1, 0.15) is 42.9 Å². The van der Waals surface area contributed by atoms with Crippen LogP contribution in [0.3, 0.4) is 0 Å². The van der Waals surface area contributed by atoms with E-state index < -0.39 is 39.9 Å². The highest BCUT2D eigenvalue weighted by Crippen LogP contribution is 2.45. The van der Waals surface area contributed by atoms with Crippen molar-refractivity contribution in [3.05, 3.63) is 40.5 Å². The van der Waals surface area contributed by atoms with Gasteiger partial charge in [-0.15, -0.1) is 0 Å². The van der Waals surface area contributed by atoms with Gasteiger partial charge >= 0.3 is 5.92 Å². The summed E-state index contributed by atoms with van der Waals surface area (Å²) in [6.07, 6.45) is 1.39. The number of benzene rings is 1. The number of hydrogen-bond donors (Lipinski definition) is 2. The summed E-state index contributed by atoms with van der Waals surface area (Å²) in [6.45, 7) is 0.139. The Morgan fingerprint density at radius 3 is 2.58 bits per heavy atom. The van der Waals surface area contributed by atoms with Gasteiger partial charge in [0, 0.05) is 17.5 Å². The monoisotopic (exact) mass is 500 g/mol. The maximum atomic E-state index is 15.2. The van der Waals surface area contributed by atoms with E-state index in [9.17, 15) is 18.1 Å². The lowest BCUT2D eigenvalue weighted by atomic mass is 9.77. The number of hydrogen-bond acceptors (Lipinski definition) is 6. The summed E-state index contributed by atoms with van der Waals surface area (Å²) >= 11 is 5.93. The van der Waals surface area contributed by atoms with Crippen molar-refractivity contribution in [2.24, 2.45) is 0 Å². The lowest BCUT2D eigenvalue weighted by Gasteiger charge is -2.42. The first-order valence-corrected chi connectivity index (χ1v) is 12.6. The molecule has 2 aromatic rings. The summed E-state index contributed by atoms with van der Waals surface area (Å²) in [7, 11) is -1.97. The average Bonchev–Trinajstić information content (AvgIpc) is 2.99. The summed E-state index contributed by atoms with van der Waals surface area (Å²) < 4.78 is 57.0. The molecule has 2 fully saturated rings. The van der Waals surface area contributed by atoms with Crippen molar-refractivity contribution in [3.63, 3.8) is 0 Å². The summed E-state index contributed by atoms with van der Waals surface area (Å²) in [5, 5.41) is 13.5. The molecule has 5 rings (SSSR count). The summed E-state index contributed by atoms with van der Waals surface area (Å²) in [5.74, 6) is -4.52. The number of aliphatic hydroxyl groups is 1. The summed E-state index contributed by atoms with van der Waals surface area (Å²) in [6, 6.07) is 7.03. The Morgan fingerprint density at radius 2 is 1.97 bits per heavy atom. The van der Waals surface area contributed by atoms with Crippen LogP contribution in [0, 0.1) is 0 Å². The maximum Gasteiger partial charge on any atom is 0.302 e. The van der Waals surface area contributed by atoms with Crippen LogP contribution in [0.2, 0.25) is 5.02 Å². The fraction of sp³-hybridized carbons (Fsp3) is 0.545. The van der Waals surface area contributed by atoms with Gasteiger partial charge in [0.25, 0.3) is 0 Å². The van der Waals surface area contributed by atoms with Gasteiger partial charge in [0.1, 0.15) is 22.6 Å². The normalized spacial score (nSPS) is 27.7. The van der Waals surface area contributed by atoms with E-state index >= 15 is 4.39 Å². The Balaban J connectivity index is 1.46. The largest absolute Gasteiger partial charge is 0.394 e. The Kier molecular flexibility index (Phi) is 5.81. The fourth-order valence-corrected chi connectivity index (χ4v) is 6.24. The number of halogens is 4. The number of aromatic nitrogens is 2. The van der Waals surface area contributed by atoms with Crippen LogP contribution in [0.15, 0.2) is 29.2 Å². The van der Waals surface area contributed by atoms with Crippen LogP contribution in [0.4, 0.5) is 24.9 Å². The molecular weight excluding hydrogens is 477 g/mol. The van der Waals surface area contributed by atoms with Gasteiger partial charge in [-0.2, -0.15) is 13.8 Å². The molecule has 1 aromatic carbocycles. The van der Waals surface area contributed by atoms with Gasteiger partial charge in [0.05, 0.1) is 35.2 Å². The van der Waals surface area contributed by atoms with Crippen LogP contribution in [-0.4, -0.2) is 56.4 Å². The third kappa shape index (κ3) is 4.10. The molecule has 1 saturated heterocycles. The highest BCUT2D eigenvalue weighted by atomic mass is 35.5. The number of aliphatic hydroxyl groups excluding tert-OH is 1. The Labute approximate surface area is 197 Å². The minimum Gasteiger partial charge on any atom is -0.394 e. The first kappa shape index (κ1) is 22.9. The molecule has 3 atom stereocenters. The lowest BCUT2D eigenvalue weighted by molar-refractivity contribution is 0.0191. The summed E-state index contributed by atoms with van der Waals surface area (Å²) in [4.78, 5) is 9.94. The average molecular weight is 501 g/mol. The van der Waals surface area contributed by atoms with E-state index in [0.717, 1.165) is 12.0 Å². The molecule has 11 heteroatoms. The molecule has 2 aliphatic heterocycles. The van der Waals surface area contributed by atoms with Gasteiger partial charge < -0.3 is 15.3 Å². The molecule has 1 aromatic heterocycles. The molecule has 0 radical (unpaired) electrons. The molecule has 1 aliphatic carbocycles. The zero-order chi connectivity index (χ0) is 23.4. The second-order valence-electron chi connectivity index (χ2n) is 9.07.